The van der Waals surface area contributed by atoms with E-state index in [0.29, 0.717) is 12.3 Å². The lowest BCUT2D eigenvalue weighted by Gasteiger charge is -2.32. The fourth-order valence-electron chi connectivity index (χ4n) is 5.08. The summed E-state index contributed by atoms with van der Waals surface area (Å²) < 4.78 is 11.8. The molecule has 1 aliphatic heterocycles. The van der Waals surface area contributed by atoms with Gasteiger partial charge >= 0.3 is 0 Å². The van der Waals surface area contributed by atoms with Crippen LogP contribution in [0.15, 0.2) is 78.9 Å². The maximum Gasteiger partial charge on any atom is 0.162 e. The molecule has 0 saturated carbocycles. The Labute approximate surface area is 221 Å². The molecule has 0 bridgehead atoms. The smallest absolute Gasteiger partial charge is 0.162 e. The lowest BCUT2D eigenvalue weighted by Crippen LogP contribution is -2.33. The molecular weight excluding hydrogens is 460 g/mol. The summed E-state index contributed by atoms with van der Waals surface area (Å²) >= 11 is 0. The molecule has 37 heavy (non-hydrogen) atoms. The number of nitrogens with zero attached hydrogens (tertiary/aromatic N) is 1. The van der Waals surface area contributed by atoms with E-state index in [0.717, 1.165) is 61.6 Å². The second kappa shape index (κ2) is 14.0. The number of nitrogens with one attached hydrogen (secondary N) is 1. The second-order valence-electron chi connectivity index (χ2n) is 9.94. The van der Waals surface area contributed by atoms with Crippen molar-refractivity contribution in [2.45, 2.75) is 44.8 Å². The minimum atomic E-state index is -0.131. The number of ketones is 1. The molecule has 196 valence electrons. The van der Waals surface area contributed by atoms with Crippen molar-refractivity contribution in [1.29, 1.82) is 0 Å². The molecule has 3 aromatic carbocycles. The molecule has 4 rings (SSSR count). The molecule has 0 aromatic heterocycles. The summed E-state index contributed by atoms with van der Waals surface area (Å²) in [4.78, 5) is 15.5. The highest BCUT2D eigenvalue weighted by Crippen LogP contribution is 2.32. The second-order valence-corrected chi connectivity index (χ2v) is 9.94. The molecule has 0 spiro atoms. The molecule has 3 aromatic rings. The summed E-state index contributed by atoms with van der Waals surface area (Å²) in [5.41, 5.74) is 3.22. The summed E-state index contributed by atoms with van der Waals surface area (Å²) in [6.07, 6.45) is 4.61. The number of hydrogen-bond donors (Lipinski definition) is 1. The zero-order chi connectivity index (χ0) is 25.9. The van der Waals surface area contributed by atoms with Crippen molar-refractivity contribution in [1.82, 2.24) is 10.2 Å². The number of para-hydroxylation sites is 2. The Balaban J connectivity index is 1.28. The van der Waals surface area contributed by atoms with Gasteiger partial charge in [0.2, 0.25) is 0 Å². The van der Waals surface area contributed by atoms with Crippen molar-refractivity contribution < 1.29 is 14.3 Å². The number of rotatable bonds is 13. The highest BCUT2D eigenvalue weighted by molar-refractivity contribution is 5.96. The number of Topliss-reactive ketones (excluding diaryl/α,β-unsaturated/α-hetero) is 1. The molecule has 0 radical (unpaired) electrons. The van der Waals surface area contributed by atoms with Crippen molar-refractivity contribution in [3.63, 3.8) is 0 Å². The van der Waals surface area contributed by atoms with E-state index < -0.39 is 0 Å². The van der Waals surface area contributed by atoms with E-state index in [-0.39, 0.29) is 11.9 Å². The van der Waals surface area contributed by atoms with E-state index in [1.165, 1.54) is 18.4 Å². The van der Waals surface area contributed by atoms with Crippen LogP contribution < -0.4 is 14.8 Å². The van der Waals surface area contributed by atoms with Gasteiger partial charge in [-0.1, -0.05) is 66.7 Å². The first-order chi connectivity index (χ1) is 18.2. The molecule has 5 heteroatoms. The van der Waals surface area contributed by atoms with Crippen LogP contribution in [0.5, 0.6) is 11.5 Å². The Bertz CT molecular complexity index is 1090. The van der Waals surface area contributed by atoms with Crippen molar-refractivity contribution in [2.24, 2.45) is 5.92 Å². The van der Waals surface area contributed by atoms with Gasteiger partial charge < -0.3 is 14.8 Å². The summed E-state index contributed by atoms with van der Waals surface area (Å²) in [5, 5.41) is 3.21. The van der Waals surface area contributed by atoms with Gasteiger partial charge in [-0.25, -0.2) is 0 Å². The Kier molecular flexibility index (Phi) is 10.2. The molecule has 1 saturated heterocycles. The standard InChI is InChI=1S/C32H40N2O3/c1-33-21-18-30(37-32-11-7-6-10-31(32)36-2)28-15-13-27(14-16-28)29(35)17-12-25-19-22-34(23-20-25)24-26-8-4-3-5-9-26/h3-11,13-16,25,30,33H,12,17-24H2,1-2H3. The van der Waals surface area contributed by atoms with Crippen LogP contribution in [0.3, 0.4) is 0 Å². The molecule has 0 amide bonds. The predicted octanol–water partition coefficient (Wildman–Crippen LogP) is 6.30. The molecule has 1 heterocycles. The molecule has 1 N–H and O–H groups in total. The van der Waals surface area contributed by atoms with E-state index >= 15 is 0 Å². The highest BCUT2D eigenvalue weighted by Gasteiger charge is 2.21. The first-order valence-electron chi connectivity index (χ1n) is 13.5. The number of ether oxygens (including phenoxy) is 2. The third-order valence-corrected chi connectivity index (χ3v) is 7.34. The summed E-state index contributed by atoms with van der Waals surface area (Å²) in [5.74, 6) is 2.31. The molecule has 0 aliphatic carbocycles. The number of likely N-dealkylation sites (tertiary alicyclic amines) is 1. The van der Waals surface area contributed by atoms with Gasteiger partial charge in [-0.2, -0.15) is 0 Å². The van der Waals surface area contributed by atoms with E-state index in [1.54, 1.807) is 7.11 Å². The van der Waals surface area contributed by atoms with Crippen molar-refractivity contribution in [2.75, 3.05) is 33.8 Å². The molecule has 1 fully saturated rings. The Hall–Kier alpha value is -3.15. The average molecular weight is 501 g/mol. The molecule has 1 aliphatic rings. The van der Waals surface area contributed by atoms with Gasteiger partial charge in [-0.05, 0) is 75.1 Å². The SMILES string of the molecule is CNCCC(Oc1ccccc1OC)c1ccc(C(=O)CCC2CCN(Cc3ccccc3)CC2)cc1. The molecule has 1 unspecified atom stereocenters. The monoisotopic (exact) mass is 500 g/mol. The number of hydrogen-bond acceptors (Lipinski definition) is 5. The first-order valence-corrected chi connectivity index (χ1v) is 13.5. The van der Waals surface area contributed by atoms with E-state index in [9.17, 15) is 4.79 Å². The molecular formula is C32H40N2O3. The fourth-order valence-corrected chi connectivity index (χ4v) is 5.08. The third kappa shape index (κ3) is 7.91. The van der Waals surface area contributed by atoms with Gasteiger partial charge in [0.05, 0.1) is 7.11 Å². The van der Waals surface area contributed by atoms with E-state index in [2.05, 4.69) is 40.5 Å². The molecule has 1 atom stereocenters. The van der Waals surface area contributed by atoms with Gasteiger partial charge in [0.25, 0.3) is 0 Å². The van der Waals surface area contributed by atoms with Crippen LogP contribution in [-0.2, 0) is 6.54 Å². The van der Waals surface area contributed by atoms with Crippen molar-refractivity contribution >= 4 is 5.78 Å². The van der Waals surface area contributed by atoms with Crippen LogP contribution in [0.25, 0.3) is 0 Å². The Morgan fingerprint density at radius 2 is 1.62 bits per heavy atom. The number of benzene rings is 3. The number of methoxy groups -OCH3 is 1. The van der Waals surface area contributed by atoms with Crippen molar-refractivity contribution in [3.05, 3.63) is 95.6 Å². The van der Waals surface area contributed by atoms with Gasteiger partial charge in [-0.15, -0.1) is 0 Å². The zero-order valence-corrected chi connectivity index (χ0v) is 22.2. The van der Waals surface area contributed by atoms with Crippen LogP contribution >= 0.6 is 0 Å². The van der Waals surface area contributed by atoms with Crippen LogP contribution in [0.1, 0.15) is 59.7 Å². The molecule has 5 nitrogen and oxygen atoms in total. The lowest BCUT2D eigenvalue weighted by molar-refractivity contribution is 0.0961. The Morgan fingerprint density at radius 3 is 2.30 bits per heavy atom. The van der Waals surface area contributed by atoms with E-state index in [1.807, 2.05) is 55.6 Å². The third-order valence-electron chi connectivity index (χ3n) is 7.34. The van der Waals surface area contributed by atoms with Crippen LogP contribution in [0.2, 0.25) is 0 Å². The van der Waals surface area contributed by atoms with E-state index in [4.69, 9.17) is 9.47 Å². The zero-order valence-electron chi connectivity index (χ0n) is 22.2. The first kappa shape index (κ1) is 26.9. The maximum absolute atomic E-state index is 13.0. The predicted molar refractivity (Wildman–Crippen MR) is 149 cm³/mol. The van der Waals surface area contributed by atoms with Gasteiger partial charge in [0.1, 0.15) is 6.10 Å². The summed E-state index contributed by atoms with van der Waals surface area (Å²) in [6.45, 7) is 4.07. The normalized spacial score (nSPS) is 15.3. The maximum atomic E-state index is 13.0. The van der Waals surface area contributed by atoms with Gasteiger partial charge in [0, 0.05) is 24.9 Å². The lowest BCUT2D eigenvalue weighted by atomic mass is 9.90. The summed E-state index contributed by atoms with van der Waals surface area (Å²) in [6, 6.07) is 26.4. The number of piperidine rings is 1. The topological polar surface area (TPSA) is 50.8 Å². The van der Waals surface area contributed by atoms with Crippen LogP contribution in [-0.4, -0.2) is 44.5 Å². The minimum Gasteiger partial charge on any atom is -0.493 e. The van der Waals surface area contributed by atoms with Crippen LogP contribution in [0, 0.1) is 5.92 Å². The van der Waals surface area contributed by atoms with Crippen LogP contribution in [0.4, 0.5) is 0 Å². The number of carbonyl (C=O) groups excluding carboxylic acids is 1. The van der Waals surface area contributed by atoms with Crippen molar-refractivity contribution in [3.8, 4) is 11.5 Å². The average Bonchev–Trinajstić information content (AvgIpc) is 2.95. The minimum absolute atomic E-state index is 0.131. The highest BCUT2D eigenvalue weighted by atomic mass is 16.5. The number of carbonyl (C=O) groups is 1. The Morgan fingerprint density at radius 1 is 0.946 bits per heavy atom. The summed E-state index contributed by atoms with van der Waals surface area (Å²) in [7, 11) is 3.59. The van der Waals surface area contributed by atoms with Gasteiger partial charge in [0.15, 0.2) is 17.3 Å². The fraction of sp³-hybridized carbons (Fsp3) is 0.406. The van der Waals surface area contributed by atoms with Gasteiger partial charge in [-0.3, -0.25) is 9.69 Å². The quantitative estimate of drug-likeness (QED) is 0.279. The largest absolute Gasteiger partial charge is 0.493 e.